The second-order valence-electron chi connectivity index (χ2n) is 6.14. The molecule has 0 saturated heterocycles. The van der Waals surface area contributed by atoms with Crippen molar-refractivity contribution in [1.29, 1.82) is 0 Å². The number of hydrogen-bond acceptors (Lipinski definition) is 4. The van der Waals surface area contributed by atoms with Gasteiger partial charge >= 0.3 is 6.18 Å². The SMILES string of the molecule is COc1cccc(NC(=O)c2nn(-c3cccc(C(F)(F)F)c3)c(C)cc2=O)c1. The second kappa shape index (κ2) is 7.78. The highest BCUT2D eigenvalue weighted by Crippen LogP contribution is 2.30. The zero-order valence-corrected chi connectivity index (χ0v) is 15.4. The molecule has 0 aliphatic rings. The van der Waals surface area contributed by atoms with Gasteiger partial charge in [0.05, 0.1) is 18.4 Å². The van der Waals surface area contributed by atoms with Crippen LogP contribution in [0.4, 0.5) is 18.9 Å². The van der Waals surface area contributed by atoms with Gasteiger partial charge in [-0.3, -0.25) is 9.59 Å². The summed E-state index contributed by atoms with van der Waals surface area (Å²) >= 11 is 0. The second-order valence-corrected chi connectivity index (χ2v) is 6.14. The summed E-state index contributed by atoms with van der Waals surface area (Å²) in [5, 5.41) is 6.53. The van der Waals surface area contributed by atoms with Crippen LogP contribution >= 0.6 is 0 Å². The van der Waals surface area contributed by atoms with Crippen molar-refractivity contribution in [1.82, 2.24) is 9.78 Å². The fourth-order valence-electron chi connectivity index (χ4n) is 2.67. The van der Waals surface area contributed by atoms with Gasteiger partial charge in [0.25, 0.3) is 5.91 Å². The van der Waals surface area contributed by atoms with E-state index in [0.717, 1.165) is 22.9 Å². The Kier molecular flexibility index (Phi) is 5.40. The van der Waals surface area contributed by atoms with E-state index in [2.05, 4.69) is 10.4 Å². The van der Waals surface area contributed by atoms with E-state index >= 15 is 0 Å². The van der Waals surface area contributed by atoms with Crippen LogP contribution in [0.5, 0.6) is 5.75 Å². The summed E-state index contributed by atoms with van der Waals surface area (Å²) in [6.45, 7) is 1.51. The number of ether oxygens (including phenoxy) is 1. The van der Waals surface area contributed by atoms with Gasteiger partial charge in [0.15, 0.2) is 5.69 Å². The number of rotatable bonds is 4. The highest BCUT2D eigenvalue weighted by atomic mass is 19.4. The molecule has 1 N–H and O–H groups in total. The molecule has 6 nitrogen and oxygen atoms in total. The van der Waals surface area contributed by atoms with E-state index in [4.69, 9.17) is 4.74 Å². The molecule has 29 heavy (non-hydrogen) atoms. The zero-order valence-electron chi connectivity index (χ0n) is 15.4. The van der Waals surface area contributed by atoms with Crippen LogP contribution in [0.3, 0.4) is 0 Å². The fourth-order valence-corrected chi connectivity index (χ4v) is 2.67. The number of halogens is 3. The van der Waals surface area contributed by atoms with E-state index in [1.165, 1.54) is 26.2 Å². The fraction of sp³-hybridized carbons (Fsp3) is 0.150. The van der Waals surface area contributed by atoms with Crippen molar-refractivity contribution in [3.8, 4) is 11.4 Å². The molecule has 1 amide bonds. The van der Waals surface area contributed by atoms with Crippen LogP contribution in [0, 0.1) is 6.92 Å². The number of carbonyl (C=O) groups is 1. The normalized spacial score (nSPS) is 11.2. The number of anilines is 1. The summed E-state index contributed by atoms with van der Waals surface area (Å²) in [7, 11) is 1.47. The number of benzene rings is 2. The Morgan fingerprint density at radius 3 is 2.52 bits per heavy atom. The van der Waals surface area contributed by atoms with Gasteiger partial charge < -0.3 is 10.1 Å². The molecule has 0 atom stereocenters. The van der Waals surface area contributed by atoms with E-state index in [1.807, 2.05) is 0 Å². The molecule has 9 heteroatoms. The van der Waals surface area contributed by atoms with Gasteiger partial charge in [-0.1, -0.05) is 12.1 Å². The van der Waals surface area contributed by atoms with E-state index in [-0.39, 0.29) is 11.4 Å². The molecule has 3 aromatic rings. The average Bonchev–Trinajstić information content (AvgIpc) is 2.67. The van der Waals surface area contributed by atoms with E-state index in [1.54, 1.807) is 24.3 Å². The summed E-state index contributed by atoms with van der Waals surface area (Å²) in [5.41, 5.74) is -1.22. The third-order valence-corrected chi connectivity index (χ3v) is 4.07. The number of aryl methyl sites for hydroxylation is 1. The number of nitrogens with zero attached hydrogens (tertiary/aromatic N) is 2. The summed E-state index contributed by atoms with van der Waals surface area (Å²) in [6.07, 6.45) is -4.53. The maximum absolute atomic E-state index is 13.0. The molecule has 0 aliphatic heterocycles. The Bertz CT molecular complexity index is 1120. The lowest BCUT2D eigenvalue weighted by Gasteiger charge is -2.13. The predicted octanol–water partition coefficient (Wildman–Crippen LogP) is 3.82. The van der Waals surface area contributed by atoms with Crippen molar-refractivity contribution >= 4 is 11.6 Å². The molecule has 1 aromatic heterocycles. The van der Waals surface area contributed by atoms with Gasteiger partial charge in [0.1, 0.15) is 5.75 Å². The minimum Gasteiger partial charge on any atom is -0.497 e. The Hall–Kier alpha value is -3.62. The van der Waals surface area contributed by atoms with Crippen molar-refractivity contribution in [2.45, 2.75) is 13.1 Å². The molecular formula is C20H16F3N3O3. The maximum Gasteiger partial charge on any atom is 0.416 e. The standard InChI is InChI=1S/C20H16F3N3O3/c1-12-9-17(27)18(19(28)24-14-6-4-8-16(11-14)29-2)25-26(12)15-7-3-5-13(10-15)20(21,22)23/h3-11H,1-2H3,(H,24,28). The molecule has 0 spiro atoms. The molecule has 0 saturated carbocycles. The van der Waals surface area contributed by atoms with Crippen LogP contribution in [0.15, 0.2) is 59.4 Å². The number of alkyl halides is 3. The molecule has 150 valence electrons. The smallest absolute Gasteiger partial charge is 0.416 e. The Balaban J connectivity index is 2.00. The molecule has 0 radical (unpaired) electrons. The van der Waals surface area contributed by atoms with Crippen LogP contribution in [0.25, 0.3) is 5.69 Å². The monoisotopic (exact) mass is 403 g/mol. The highest BCUT2D eigenvalue weighted by Gasteiger charge is 2.30. The molecule has 0 bridgehead atoms. The van der Waals surface area contributed by atoms with Gasteiger partial charge in [-0.25, -0.2) is 4.68 Å². The van der Waals surface area contributed by atoms with Crippen LogP contribution in [-0.4, -0.2) is 22.8 Å². The van der Waals surface area contributed by atoms with Gasteiger partial charge in [0.2, 0.25) is 5.43 Å². The zero-order chi connectivity index (χ0) is 21.2. The third-order valence-electron chi connectivity index (χ3n) is 4.07. The number of methoxy groups -OCH3 is 1. The number of aromatic nitrogens is 2. The van der Waals surface area contributed by atoms with Gasteiger partial charge in [0, 0.05) is 23.5 Å². The van der Waals surface area contributed by atoms with Crippen LogP contribution in [-0.2, 0) is 6.18 Å². The molecule has 0 fully saturated rings. The molecule has 2 aromatic carbocycles. The predicted molar refractivity (Wildman–Crippen MR) is 101 cm³/mol. The minimum absolute atomic E-state index is 0.0766. The Morgan fingerprint density at radius 1 is 1.10 bits per heavy atom. The number of amides is 1. The minimum atomic E-state index is -4.53. The quantitative estimate of drug-likeness (QED) is 0.719. The first-order valence-corrected chi connectivity index (χ1v) is 8.43. The Labute approximate surface area is 163 Å². The topological polar surface area (TPSA) is 73.2 Å². The molecule has 1 heterocycles. The van der Waals surface area contributed by atoms with Crippen molar-refractivity contribution in [2.75, 3.05) is 12.4 Å². The molecular weight excluding hydrogens is 387 g/mol. The van der Waals surface area contributed by atoms with Gasteiger partial charge in [-0.2, -0.15) is 18.3 Å². The van der Waals surface area contributed by atoms with E-state index in [0.29, 0.717) is 11.4 Å². The van der Waals surface area contributed by atoms with E-state index in [9.17, 15) is 22.8 Å². The summed E-state index contributed by atoms with van der Waals surface area (Å²) in [5.74, 6) is -0.287. The molecule has 3 rings (SSSR count). The molecule has 0 unspecified atom stereocenters. The van der Waals surface area contributed by atoms with Crippen LogP contribution in [0.2, 0.25) is 0 Å². The van der Waals surface area contributed by atoms with Gasteiger partial charge in [-0.15, -0.1) is 0 Å². The number of carbonyl (C=O) groups excluding carboxylic acids is 1. The largest absolute Gasteiger partial charge is 0.497 e. The lowest BCUT2D eigenvalue weighted by Crippen LogP contribution is -2.27. The highest BCUT2D eigenvalue weighted by molar-refractivity contribution is 6.02. The summed E-state index contributed by atoms with van der Waals surface area (Å²) < 4.78 is 45.2. The van der Waals surface area contributed by atoms with Crippen molar-refractivity contribution < 1.29 is 22.7 Å². The van der Waals surface area contributed by atoms with Crippen molar-refractivity contribution in [3.63, 3.8) is 0 Å². The first-order chi connectivity index (χ1) is 13.7. The average molecular weight is 403 g/mol. The molecule has 0 aliphatic carbocycles. The summed E-state index contributed by atoms with van der Waals surface area (Å²) in [4.78, 5) is 24.8. The maximum atomic E-state index is 13.0. The lowest BCUT2D eigenvalue weighted by molar-refractivity contribution is -0.137. The number of hydrogen-bond donors (Lipinski definition) is 1. The first kappa shape index (κ1) is 20.1. The van der Waals surface area contributed by atoms with Crippen molar-refractivity contribution in [3.05, 3.63) is 81.8 Å². The van der Waals surface area contributed by atoms with Crippen molar-refractivity contribution in [2.24, 2.45) is 0 Å². The number of nitrogens with one attached hydrogen (secondary N) is 1. The lowest BCUT2D eigenvalue weighted by atomic mass is 10.2. The Morgan fingerprint density at radius 2 is 1.83 bits per heavy atom. The summed E-state index contributed by atoms with van der Waals surface area (Å²) in [6, 6.07) is 12.1. The van der Waals surface area contributed by atoms with E-state index < -0.39 is 28.8 Å². The van der Waals surface area contributed by atoms with Crippen LogP contribution < -0.4 is 15.5 Å². The van der Waals surface area contributed by atoms with Crippen LogP contribution in [0.1, 0.15) is 21.7 Å². The third kappa shape index (κ3) is 4.45. The van der Waals surface area contributed by atoms with Gasteiger partial charge in [-0.05, 0) is 37.3 Å². The first-order valence-electron chi connectivity index (χ1n) is 8.43.